The lowest BCUT2D eigenvalue weighted by atomic mass is 10.2. The number of anilines is 1. The number of nitrogens with one attached hydrogen (secondary N) is 2. The van der Waals surface area contributed by atoms with Gasteiger partial charge in [-0.15, -0.1) is 6.42 Å². The molecular weight excluding hydrogens is 302 g/mol. The maximum atomic E-state index is 12.3. The van der Waals surface area contributed by atoms with Crippen LogP contribution in [0.4, 0.5) is 5.69 Å². The van der Waals surface area contributed by atoms with Crippen LogP contribution in [0.2, 0.25) is 0 Å². The molecule has 0 aliphatic carbocycles. The van der Waals surface area contributed by atoms with Gasteiger partial charge in [0.2, 0.25) is 5.91 Å². The lowest BCUT2D eigenvalue weighted by molar-refractivity contribution is -0.129. The molecule has 0 aromatic heterocycles. The highest BCUT2D eigenvalue weighted by molar-refractivity contribution is 5.85. The standard InChI is InChI=1S/C18H25N5O/c1-3-10-20-18(19-4-2)21-15-17(24)23-13-11-22(12-14-23)16-8-6-5-7-9-16/h1,5-9H,4,10-15H2,2H3,(H2,19,20,21). The summed E-state index contributed by atoms with van der Waals surface area (Å²) in [5.41, 5.74) is 1.20. The molecule has 0 spiro atoms. The number of nitrogens with zero attached hydrogens (tertiary/aromatic N) is 3. The van der Waals surface area contributed by atoms with Gasteiger partial charge in [0, 0.05) is 38.4 Å². The molecule has 0 bridgehead atoms. The summed E-state index contributed by atoms with van der Waals surface area (Å²) < 4.78 is 0. The van der Waals surface area contributed by atoms with E-state index in [0.29, 0.717) is 12.5 Å². The van der Waals surface area contributed by atoms with Gasteiger partial charge in [0.25, 0.3) is 0 Å². The Morgan fingerprint density at radius 2 is 1.92 bits per heavy atom. The lowest BCUT2D eigenvalue weighted by Crippen LogP contribution is -2.49. The van der Waals surface area contributed by atoms with Crippen LogP contribution in [0.15, 0.2) is 35.3 Å². The first-order chi connectivity index (χ1) is 11.7. The van der Waals surface area contributed by atoms with E-state index in [4.69, 9.17) is 6.42 Å². The molecule has 24 heavy (non-hydrogen) atoms. The number of guanidine groups is 1. The van der Waals surface area contributed by atoms with Crippen molar-refractivity contribution >= 4 is 17.6 Å². The summed E-state index contributed by atoms with van der Waals surface area (Å²) in [5.74, 6) is 3.11. The molecule has 2 rings (SSSR count). The number of para-hydroxylation sites is 1. The van der Waals surface area contributed by atoms with Gasteiger partial charge in [-0.3, -0.25) is 4.79 Å². The van der Waals surface area contributed by atoms with Crippen molar-refractivity contribution in [3.05, 3.63) is 30.3 Å². The van der Waals surface area contributed by atoms with Crippen LogP contribution in [0, 0.1) is 12.3 Å². The Morgan fingerprint density at radius 3 is 2.54 bits per heavy atom. The van der Waals surface area contributed by atoms with Crippen molar-refractivity contribution in [1.29, 1.82) is 0 Å². The van der Waals surface area contributed by atoms with E-state index in [1.807, 2.05) is 30.0 Å². The van der Waals surface area contributed by atoms with Crippen molar-refractivity contribution in [3.63, 3.8) is 0 Å². The molecular formula is C18H25N5O. The van der Waals surface area contributed by atoms with Gasteiger partial charge in [-0.1, -0.05) is 24.1 Å². The van der Waals surface area contributed by atoms with Crippen molar-refractivity contribution in [2.24, 2.45) is 4.99 Å². The summed E-state index contributed by atoms with van der Waals surface area (Å²) in [5, 5.41) is 6.05. The molecule has 6 nitrogen and oxygen atoms in total. The van der Waals surface area contributed by atoms with E-state index in [-0.39, 0.29) is 12.5 Å². The van der Waals surface area contributed by atoms with Crippen molar-refractivity contribution in [2.75, 3.05) is 50.7 Å². The number of hydrogen-bond donors (Lipinski definition) is 2. The van der Waals surface area contributed by atoms with Gasteiger partial charge in [0.05, 0.1) is 6.54 Å². The number of carbonyl (C=O) groups excluding carboxylic acids is 1. The molecule has 1 fully saturated rings. The Morgan fingerprint density at radius 1 is 1.21 bits per heavy atom. The normalized spacial score (nSPS) is 14.9. The molecule has 2 N–H and O–H groups in total. The van der Waals surface area contributed by atoms with E-state index in [1.165, 1.54) is 5.69 Å². The Hall–Kier alpha value is -2.68. The third-order valence-electron chi connectivity index (χ3n) is 3.83. The lowest BCUT2D eigenvalue weighted by Gasteiger charge is -2.36. The number of aliphatic imine (C=N–C) groups is 1. The molecule has 128 valence electrons. The fraction of sp³-hybridized carbons (Fsp3) is 0.444. The summed E-state index contributed by atoms with van der Waals surface area (Å²) in [4.78, 5) is 20.8. The second-order valence-corrected chi connectivity index (χ2v) is 5.46. The predicted octanol–water partition coefficient (Wildman–Crippen LogP) is 0.524. The van der Waals surface area contributed by atoms with Crippen molar-refractivity contribution in [1.82, 2.24) is 15.5 Å². The van der Waals surface area contributed by atoms with Crippen LogP contribution < -0.4 is 15.5 Å². The number of piperazine rings is 1. The number of terminal acetylenes is 1. The number of hydrogen-bond acceptors (Lipinski definition) is 3. The van der Waals surface area contributed by atoms with Gasteiger partial charge in [-0.05, 0) is 19.1 Å². The molecule has 0 saturated carbocycles. The second-order valence-electron chi connectivity index (χ2n) is 5.46. The van der Waals surface area contributed by atoms with E-state index in [9.17, 15) is 4.79 Å². The van der Waals surface area contributed by atoms with Crippen LogP contribution in [-0.2, 0) is 4.79 Å². The first kappa shape index (κ1) is 17.7. The Balaban J connectivity index is 1.82. The minimum atomic E-state index is 0.0422. The van der Waals surface area contributed by atoms with Gasteiger partial charge in [-0.25, -0.2) is 4.99 Å². The molecule has 1 aliphatic rings. The summed E-state index contributed by atoms with van der Waals surface area (Å²) in [7, 11) is 0. The summed E-state index contributed by atoms with van der Waals surface area (Å²) >= 11 is 0. The zero-order valence-electron chi connectivity index (χ0n) is 14.2. The van der Waals surface area contributed by atoms with E-state index in [1.54, 1.807) is 0 Å². The predicted molar refractivity (Wildman–Crippen MR) is 98.0 cm³/mol. The van der Waals surface area contributed by atoms with Crippen LogP contribution in [0.1, 0.15) is 6.92 Å². The summed E-state index contributed by atoms with van der Waals surface area (Å²) in [6.45, 7) is 6.33. The summed E-state index contributed by atoms with van der Waals surface area (Å²) in [6, 6.07) is 10.3. The number of benzene rings is 1. The van der Waals surface area contributed by atoms with Gasteiger partial charge in [0.15, 0.2) is 5.96 Å². The third-order valence-corrected chi connectivity index (χ3v) is 3.83. The number of amides is 1. The van der Waals surface area contributed by atoms with E-state index in [0.717, 1.165) is 32.7 Å². The maximum absolute atomic E-state index is 12.3. The zero-order valence-corrected chi connectivity index (χ0v) is 14.2. The van der Waals surface area contributed by atoms with Crippen LogP contribution >= 0.6 is 0 Å². The first-order valence-electron chi connectivity index (χ1n) is 8.28. The molecule has 0 unspecified atom stereocenters. The Bertz CT molecular complexity index is 585. The average molecular weight is 327 g/mol. The molecule has 1 heterocycles. The van der Waals surface area contributed by atoms with E-state index in [2.05, 4.69) is 38.6 Å². The van der Waals surface area contributed by atoms with Gasteiger partial charge < -0.3 is 20.4 Å². The summed E-state index contributed by atoms with van der Waals surface area (Å²) in [6.07, 6.45) is 5.23. The largest absolute Gasteiger partial charge is 0.368 e. The highest BCUT2D eigenvalue weighted by Gasteiger charge is 2.20. The topological polar surface area (TPSA) is 60.0 Å². The molecule has 6 heteroatoms. The van der Waals surface area contributed by atoms with Crippen LogP contribution in [0.3, 0.4) is 0 Å². The minimum absolute atomic E-state index is 0.0422. The van der Waals surface area contributed by atoms with Gasteiger partial charge in [0.1, 0.15) is 6.54 Å². The SMILES string of the molecule is C#CCNC(=NCC(=O)N1CCN(c2ccccc2)CC1)NCC. The van der Waals surface area contributed by atoms with Crippen LogP contribution in [0.5, 0.6) is 0 Å². The highest BCUT2D eigenvalue weighted by Crippen LogP contribution is 2.15. The fourth-order valence-corrected chi connectivity index (χ4v) is 2.58. The first-order valence-corrected chi connectivity index (χ1v) is 8.28. The van der Waals surface area contributed by atoms with Gasteiger partial charge in [-0.2, -0.15) is 0 Å². The molecule has 1 aromatic carbocycles. The Labute approximate surface area is 143 Å². The second kappa shape index (κ2) is 9.46. The van der Waals surface area contributed by atoms with Crippen LogP contribution in [0.25, 0.3) is 0 Å². The smallest absolute Gasteiger partial charge is 0.244 e. The monoisotopic (exact) mass is 327 g/mol. The van der Waals surface area contributed by atoms with Crippen molar-refractivity contribution < 1.29 is 4.79 Å². The quantitative estimate of drug-likeness (QED) is 0.470. The zero-order chi connectivity index (χ0) is 17.2. The van der Waals surface area contributed by atoms with Crippen molar-refractivity contribution in [2.45, 2.75) is 6.92 Å². The van der Waals surface area contributed by atoms with Gasteiger partial charge >= 0.3 is 0 Å². The van der Waals surface area contributed by atoms with E-state index < -0.39 is 0 Å². The fourth-order valence-electron chi connectivity index (χ4n) is 2.58. The maximum Gasteiger partial charge on any atom is 0.244 e. The third kappa shape index (κ3) is 5.20. The molecule has 1 aliphatic heterocycles. The number of carbonyl (C=O) groups is 1. The average Bonchev–Trinajstić information content (AvgIpc) is 2.64. The molecule has 0 atom stereocenters. The molecule has 1 amide bonds. The molecule has 0 radical (unpaired) electrons. The van der Waals surface area contributed by atoms with Crippen LogP contribution in [-0.4, -0.2) is 62.6 Å². The molecule has 1 saturated heterocycles. The minimum Gasteiger partial charge on any atom is -0.368 e. The number of rotatable bonds is 5. The van der Waals surface area contributed by atoms with E-state index >= 15 is 0 Å². The molecule has 1 aromatic rings. The Kier molecular flexibility index (Phi) is 6.96. The highest BCUT2D eigenvalue weighted by atomic mass is 16.2. The van der Waals surface area contributed by atoms with Crippen molar-refractivity contribution in [3.8, 4) is 12.3 Å².